The van der Waals surface area contributed by atoms with E-state index in [-0.39, 0.29) is 18.0 Å². The van der Waals surface area contributed by atoms with Crippen LogP contribution in [0.1, 0.15) is 36.9 Å². The first-order valence-electron chi connectivity index (χ1n) is 7.63. The minimum absolute atomic E-state index is 0.0250. The van der Waals surface area contributed by atoms with Crippen LogP contribution in [0.15, 0.2) is 24.3 Å². The van der Waals surface area contributed by atoms with Crippen molar-refractivity contribution in [2.24, 2.45) is 5.73 Å². The van der Waals surface area contributed by atoms with Gasteiger partial charge in [0.2, 0.25) is 5.91 Å². The Morgan fingerprint density at radius 2 is 2.04 bits per heavy atom. The lowest BCUT2D eigenvalue weighted by Crippen LogP contribution is -2.41. The third-order valence-electron chi connectivity index (χ3n) is 3.77. The molecule has 1 aromatic heterocycles. The predicted molar refractivity (Wildman–Crippen MR) is 93.7 cm³/mol. The molecule has 0 unspecified atom stereocenters. The van der Waals surface area contributed by atoms with Crippen LogP contribution in [0.4, 0.5) is 0 Å². The molecule has 0 radical (unpaired) electrons. The van der Waals surface area contributed by atoms with Gasteiger partial charge in [-0.3, -0.25) is 10.1 Å². The summed E-state index contributed by atoms with van der Waals surface area (Å²) in [5.74, 6) is 0.501. The number of methoxy groups -OCH3 is 1. The summed E-state index contributed by atoms with van der Waals surface area (Å²) in [5.41, 5.74) is 7.44. The number of hydrogen-bond acceptors (Lipinski definition) is 5. The van der Waals surface area contributed by atoms with Crippen LogP contribution >= 0.6 is 11.3 Å². The van der Waals surface area contributed by atoms with Gasteiger partial charge in [0, 0.05) is 16.5 Å². The Hall–Kier alpha value is -1.92. The number of nitrogens with zero attached hydrogens (tertiary/aromatic N) is 1. The van der Waals surface area contributed by atoms with Crippen molar-refractivity contribution < 1.29 is 9.53 Å². The van der Waals surface area contributed by atoms with E-state index >= 15 is 0 Å². The summed E-state index contributed by atoms with van der Waals surface area (Å²) in [4.78, 5) is 17.2. The molecule has 1 amide bonds. The number of thiazole rings is 1. The second-order valence-corrected chi connectivity index (χ2v) is 6.48. The lowest BCUT2D eigenvalue weighted by Gasteiger charge is -2.19. The molecule has 0 aliphatic heterocycles. The molecule has 0 aliphatic carbocycles. The number of hydrogen-bond donors (Lipinski definition) is 2. The molecule has 5 nitrogen and oxygen atoms in total. The van der Waals surface area contributed by atoms with E-state index in [0.717, 1.165) is 26.9 Å². The Labute approximate surface area is 140 Å². The Balaban J connectivity index is 2.21. The van der Waals surface area contributed by atoms with Crippen molar-refractivity contribution in [2.75, 3.05) is 7.11 Å². The topological polar surface area (TPSA) is 77.2 Å². The average molecular weight is 333 g/mol. The number of primary amides is 1. The molecule has 0 spiro atoms. The van der Waals surface area contributed by atoms with Crippen molar-refractivity contribution in [1.82, 2.24) is 10.3 Å². The molecule has 0 saturated heterocycles. The van der Waals surface area contributed by atoms with Crippen molar-refractivity contribution in [2.45, 2.75) is 39.3 Å². The molecule has 0 bridgehead atoms. The maximum Gasteiger partial charge on any atom is 0.234 e. The highest BCUT2D eigenvalue weighted by molar-refractivity contribution is 7.15. The lowest BCUT2D eigenvalue weighted by molar-refractivity contribution is -0.120. The van der Waals surface area contributed by atoms with Gasteiger partial charge in [-0.15, -0.1) is 11.3 Å². The number of benzene rings is 1. The third-order valence-corrected chi connectivity index (χ3v) is 5.15. The zero-order valence-corrected chi connectivity index (χ0v) is 14.7. The van der Waals surface area contributed by atoms with Gasteiger partial charge in [0.15, 0.2) is 0 Å². The van der Waals surface area contributed by atoms with Crippen molar-refractivity contribution in [3.63, 3.8) is 0 Å². The smallest absolute Gasteiger partial charge is 0.234 e. The number of aryl methyl sites for hydroxylation is 1. The van der Waals surface area contributed by atoms with E-state index in [1.54, 1.807) is 18.4 Å². The van der Waals surface area contributed by atoms with Gasteiger partial charge in [-0.2, -0.15) is 0 Å². The number of carbonyl (C=O) groups excluding carboxylic acids is 1. The van der Waals surface area contributed by atoms with Gasteiger partial charge in [0.25, 0.3) is 0 Å². The number of aromatic nitrogens is 1. The first-order valence-corrected chi connectivity index (χ1v) is 8.45. The lowest BCUT2D eigenvalue weighted by atomic mass is 10.1. The van der Waals surface area contributed by atoms with Crippen LogP contribution in [0.5, 0.6) is 5.75 Å². The van der Waals surface area contributed by atoms with Gasteiger partial charge in [-0.05, 0) is 44.5 Å². The fourth-order valence-corrected chi connectivity index (χ4v) is 3.53. The summed E-state index contributed by atoms with van der Waals surface area (Å²) in [6.07, 6.45) is 0.670. The Morgan fingerprint density at radius 3 is 2.57 bits per heavy atom. The largest absolute Gasteiger partial charge is 0.497 e. The molecule has 2 aromatic rings. The second kappa shape index (κ2) is 7.57. The average Bonchev–Trinajstić information content (AvgIpc) is 2.94. The Kier molecular flexibility index (Phi) is 5.74. The molecule has 2 rings (SSSR count). The van der Waals surface area contributed by atoms with E-state index in [4.69, 9.17) is 10.5 Å². The van der Waals surface area contributed by atoms with Crippen molar-refractivity contribution in [3.05, 3.63) is 34.8 Å². The van der Waals surface area contributed by atoms with Crippen LogP contribution < -0.4 is 15.8 Å². The molecule has 2 atom stereocenters. The number of nitrogens with two attached hydrogens (primary N) is 1. The van der Waals surface area contributed by atoms with Crippen LogP contribution in [0, 0.1) is 6.92 Å². The van der Waals surface area contributed by atoms with E-state index < -0.39 is 0 Å². The number of carbonyl (C=O) groups is 1. The fourth-order valence-electron chi connectivity index (χ4n) is 2.45. The fraction of sp³-hybridized carbons (Fsp3) is 0.412. The zero-order valence-electron chi connectivity index (χ0n) is 13.9. The van der Waals surface area contributed by atoms with E-state index in [0.29, 0.717) is 6.42 Å². The highest BCUT2D eigenvalue weighted by Crippen LogP contribution is 2.32. The summed E-state index contributed by atoms with van der Waals surface area (Å²) in [6.45, 7) is 5.96. The molecule has 0 fully saturated rings. The van der Waals surface area contributed by atoms with E-state index in [9.17, 15) is 4.79 Å². The first kappa shape index (κ1) is 17.4. The summed E-state index contributed by atoms with van der Waals surface area (Å²) >= 11 is 1.63. The van der Waals surface area contributed by atoms with Gasteiger partial charge < -0.3 is 10.5 Å². The molecular weight excluding hydrogens is 310 g/mol. The standard InChI is InChI=1S/C17H23N3O2S/c1-5-14(16(18)21)19-10(2)15-11(3)20-17(23-15)12-6-8-13(22-4)9-7-12/h6-10,14,19H,5H2,1-4H3,(H2,18,21)/t10-,14+/m0/s1. The Morgan fingerprint density at radius 1 is 1.39 bits per heavy atom. The van der Waals surface area contributed by atoms with Gasteiger partial charge >= 0.3 is 0 Å². The van der Waals surface area contributed by atoms with Crippen molar-refractivity contribution in [1.29, 1.82) is 0 Å². The van der Waals surface area contributed by atoms with Crippen molar-refractivity contribution >= 4 is 17.2 Å². The summed E-state index contributed by atoms with van der Waals surface area (Å²) in [5, 5.41) is 4.24. The van der Waals surface area contributed by atoms with Crippen LogP contribution in [0.3, 0.4) is 0 Å². The minimum atomic E-state index is -0.323. The van der Waals surface area contributed by atoms with E-state index in [1.165, 1.54) is 0 Å². The van der Waals surface area contributed by atoms with Gasteiger partial charge in [0.05, 0.1) is 18.8 Å². The molecule has 6 heteroatoms. The maximum atomic E-state index is 11.4. The maximum absolute atomic E-state index is 11.4. The SMILES string of the molecule is CC[C@@H](N[C@@H](C)c1sc(-c2ccc(OC)cc2)nc1C)C(N)=O. The number of rotatable bonds is 7. The predicted octanol–water partition coefficient (Wildman–Crippen LogP) is 3.04. The zero-order chi connectivity index (χ0) is 17.0. The first-order chi connectivity index (χ1) is 11.0. The van der Waals surface area contributed by atoms with Gasteiger partial charge in [-0.25, -0.2) is 4.98 Å². The summed E-state index contributed by atoms with van der Waals surface area (Å²) in [7, 11) is 1.65. The minimum Gasteiger partial charge on any atom is -0.497 e. The number of amides is 1. The molecule has 1 heterocycles. The highest BCUT2D eigenvalue weighted by atomic mass is 32.1. The van der Waals surface area contributed by atoms with E-state index in [2.05, 4.69) is 10.3 Å². The number of nitrogens with one attached hydrogen (secondary N) is 1. The molecule has 23 heavy (non-hydrogen) atoms. The van der Waals surface area contributed by atoms with Crippen LogP contribution in [-0.2, 0) is 4.79 Å². The molecule has 0 aliphatic rings. The van der Waals surface area contributed by atoms with Crippen LogP contribution in [-0.4, -0.2) is 24.0 Å². The molecule has 1 aromatic carbocycles. The van der Waals surface area contributed by atoms with Crippen LogP contribution in [0.2, 0.25) is 0 Å². The summed E-state index contributed by atoms with van der Waals surface area (Å²) in [6, 6.07) is 7.54. The quantitative estimate of drug-likeness (QED) is 0.816. The van der Waals surface area contributed by atoms with Crippen molar-refractivity contribution in [3.8, 4) is 16.3 Å². The van der Waals surface area contributed by atoms with Gasteiger partial charge in [-0.1, -0.05) is 6.92 Å². The Bertz CT molecular complexity index is 667. The molecule has 3 N–H and O–H groups in total. The van der Waals surface area contributed by atoms with E-state index in [1.807, 2.05) is 45.0 Å². The molecule has 124 valence electrons. The monoisotopic (exact) mass is 333 g/mol. The van der Waals surface area contributed by atoms with Crippen LogP contribution in [0.25, 0.3) is 10.6 Å². The second-order valence-electron chi connectivity index (χ2n) is 5.45. The highest BCUT2D eigenvalue weighted by Gasteiger charge is 2.20. The third kappa shape index (κ3) is 4.09. The molecule has 0 saturated carbocycles. The normalized spacial score (nSPS) is 13.6. The summed E-state index contributed by atoms with van der Waals surface area (Å²) < 4.78 is 5.18. The van der Waals surface area contributed by atoms with Gasteiger partial charge in [0.1, 0.15) is 10.8 Å². The molecular formula is C17H23N3O2S. The number of ether oxygens (including phenoxy) is 1.